The second kappa shape index (κ2) is 13.0. The molecule has 11 aromatic rings. The maximum absolute atomic E-state index is 6.88. The van der Waals surface area contributed by atoms with E-state index in [0.29, 0.717) is 17.5 Å². The molecule has 3 aromatic heterocycles. The fourth-order valence-corrected chi connectivity index (χ4v) is 7.98. The Hall–Kier alpha value is -7.63. The Bertz CT molecular complexity index is 3240. The maximum Gasteiger partial charge on any atom is 0.167 e. The minimum Gasteiger partial charge on any atom is -0.455 e. The molecule has 0 amide bonds. The van der Waals surface area contributed by atoms with E-state index in [9.17, 15) is 0 Å². The molecular formula is C51H32N4O. The van der Waals surface area contributed by atoms with Gasteiger partial charge in [0.25, 0.3) is 0 Å². The quantitative estimate of drug-likeness (QED) is 0.172. The van der Waals surface area contributed by atoms with Crippen molar-refractivity contribution in [2.45, 2.75) is 0 Å². The lowest BCUT2D eigenvalue weighted by Crippen LogP contribution is -2.00. The molecule has 56 heavy (non-hydrogen) atoms. The molecule has 0 saturated heterocycles. The number of rotatable bonds is 6. The predicted molar refractivity (Wildman–Crippen MR) is 229 cm³/mol. The molecule has 0 N–H and O–H groups in total. The zero-order chi connectivity index (χ0) is 37.0. The first-order chi connectivity index (χ1) is 27.7. The maximum atomic E-state index is 6.88. The van der Waals surface area contributed by atoms with Crippen molar-refractivity contribution in [1.29, 1.82) is 0 Å². The summed E-state index contributed by atoms with van der Waals surface area (Å²) in [6.45, 7) is 0. The summed E-state index contributed by atoms with van der Waals surface area (Å²) in [6, 6.07) is 67.4. The van der Waals surface area contributed by atoms with Gasteiger partial charge in [0.05, 0.1) is 16.6 Å². The zero-order valence-electron chi connectivity index (χ0n) is 30.2. The molecule has 0 fully saturated rings. The molecule has 0 aliphatic carbocycles. The van der Waals surface area contributed by atoms with E-state index in [1.807, 2.05) is 42.5 Å². The number of aromatic nitrogens is 4. The van der Waals surface area contributed by atoms with E-state index in [4.69, 9.17) is 19.4 Å². The molecule has 8 aromatic carbocycles. The van der Waals surface area contributed by atoms with Crippen LogP contribution in [0.3, 0.4) is 0 Å². The molecule has 0 saturated carbocycles. The predicted octanol–water partition coefficient (Wildman–Crippen LogP) is 13.2. The number of furan rings is 1. The van der Waals surface area contributed by atoms with Crippen LogP contribution in [-0.4, -0.2) is 19.5 Å². The van der Waals surface area contributed by atoms with Crippen LogP contribution < -0.4 is 0 Å². The van der Waals surface area contributed by atoms with E-state index in [1.54, 1.807) is 0 Å². The van der Waals surface area contributed by atoms with Gasteiger partial charge in [-0.25, -0.2) is 15.0 Å². The van der Waals surface area contributed by atoms with Crippen LogP contribution in [0, 0.1) is 0 Å². The summed E-state index contributed by atoms with van der Waals surface area (Å²) in [5.41, 5.74) is 12.1. The van der Waals surface area contributed by atoms with Crippen LogP contribution >= 0.6 is 0 Å². The van der Waals surface area contributed by atoms with Crippen molar-refractivity contribution in [2.75, 3.05) is 0 Å². The summed E-state index contributed by atoms with van der Waals surface area (Å²) in [6.07, 6.45) is 0. The van der Waals surface area contributed by atoms with E-state index in [2.05, 4.69) is 156 Å². The van der Waals surface area contributed by atoms with Crippen molar-refractivity contribution in [3.8, 4) is 62.1 Å². The fourth-order valence-electron chi connectivity index (χ4n) is 7.98. The van der Waals surface area contributed by atoms with E-state index in [1.165, 1.54) is 21.9 Å². The summed E-state index contributed by atoms with van der Waals surface area (Å²) >= 11 is 0. The molecule has 3 heterocycles. The first-order valence-corrected chi connectivity index (χ1v) is 18.8. The van der Waals surface area contributed by atoms with Crippen molar-refractivity contribution in [2.24, 2.45) is 0 Å². The highest BCUT2D eigenvalue weighted by Crippen LogP contribution is 2.41. The number of hydrogen-bond acceptors (Lipinski definition) is 4. The number of para-hydroxylation sites is 2. The van der Waals surface area contributed by atoms with Crippen LogP contribution in [0.1, 0.15) is 0 Å². The van der Waals surface area contributed by atoms with Gasteiger partial charge in [0.1, 0.15) is 11.2 Å². The van der Waals surface area contributed by atoms with E-state index in [0.717, 1.165) is 66.5 Å². The average molecular weight is 717 g/mol. The van der Waals surface area contributed by atoms with E-state index < -0.39 is 0 Å². The fraction of sp³-hybridized carbons (Fsp3) is 0. The van der Waals surface area contributed by atoms with E-state index in [-0.39, 0.29) is 0 Å². The van der Waals surface area contributed by atoms with Gasteiger partial charge in [0.15, 0.2) is 17.5 Å². The number of fused-ring (bicyclic) bond motifs is 6. The van der Waals surface area contributed by atoms with Crippen LogP contribution in [0.4, 0.5) is 0 Å². The van der Waals surface area contributed by atoms with Crippen molar-refractivity contribution in [3.63, 3.8) is 0 Å². The van der Waals surface area contributed by atoms with Crippen molar-refractivity contribution in [1.82, 2.24) is 19.5 Å². The Morgan fingerprint density at radius 3 is 1.64 bits per heavy atom. The van der Waals surface area contributed by atoms with Crippen LogP contribution in [0.2, 0.25) is 0 Å². The SMILES string of the molecule is c1ccc(-c2cccc(-c3nc(-c4ccccc4)nc(-c4cccc5c4oc4cc6c(cc45)c4ccccc4n6-c4cccc(-c5ccccc5)c4)n3)c2)cc1. The van der Waals surface area contributed by atoms with Crippen molar-refractivity contribution in [3.05, 3.63) is 194 Å². The van der Waals surface area contributed by atoms with Gasteiger partial charge < -0.3 is 8.98 Å². The molecule has 0 radical (unpaired) electrons. The minimum absolute atomic E-state index is 0.556. The summed E-state index contributed by atoms with van der Waals surface area (Å²) in [4.78, 5) is 15.3. The molecule has 5 heteroatoms. The van der Waals surface area contributed by atoms with Crippen molar-refractivity contribution < 1.29 is 4.42 Å². The second-order valence-corrected chi connectivity index (χ2v) is 14.0. The van der Waals surface area contributed by atoms with Gasteiger partial charge in [0, 0.05) is 44.4 Å². The zero-order valence-corrected chi connectivity index (χ0v) is 30.2. The van der Waals surface area contributed by atoms with Crippen LogP contribution in [0.15, 0.2) is 199 Å². The third-order valence-corrected chi connectivity index (χ3v) is 10.6. The molecule has 0 spiro atoms. The third kappa shape index (κ3) is 5.37. The first kappa shape index (κ1) is 31.9. The molecule has 0 atom stereocenters. The Labute approximate surface area is 322 Å². The molecule has 11 rings (SSSR count). The molecular weight excluding hydrogens is 685 g/mol. The highest BCUT2D eigenvalue weighted by Gasteiger charge is 2.21. The topological polar surface area (TPSA) is 56.7 Å². The van der Waals surface area contributed by atoms with Gasteiger partial charge >= 0.3 is 0 Å². The first-order valence-electron chi connectivity index (χ1n) is 18.8. The Kier molecular flexibility index (Phi) is 7.42. The van der Waals surface area contributed by atoms with Crippen LogP contribution in [0.25, 0.3) is 106 Å². The molecule has 262 valence electrons. The van der Waals surface area contributed by atoms with Gasteiger partial charge in [-0.15, -0.1) is 0 Å². The minimum atomic E-state index is 0.556. The molecule has 0 unspecified atom stereocenters. The Balaban J connectivity index is 1.11. The number of hydrogen-bond donors (Lipinski definition) is 0. The van der Waals surface area contributed by atoms with Gasteiger partial charge in [0.2, 0.25) is 0 Å². The van der Waals surface area contributed by atoms with Gasteiger partial charge in [-0.1, -0.05) is 152 Å². The summed E-state index contributed by atoms with van der Waals surface area (Å²) in [7, 11) is 0. The normalized spacial score (nSPS) is 11.6. The lowest BCUT2D eigenvalue weighted by molar-refractivity contribution is 0.670. The highest BCUT2D eigenvalue weighted by molar-refractivity contribution is 6.18. The lowest BCUT2D eigenvalue weighted by atomic mass is 10.0. The second-order valence-electron chi connectivity index (χ2n) is 14.0. The van der Waals surface area contributed by atoms with Crippen LogP contribution in [0.5, 0.6) is 0 Å². The standard InChI is InChI=1S/C51H32N4O/c1-4-15-33(16-5-1)36-21-12-23-38(29-36)50-52-49(35-19-8-3-9-20-35)53-51(54-50)42-27-14-26-41-44-31-43-40-25-10-11-28-45(40)55(46(43)32-47(44)56-48(41)42)39-24-13-22-37(30-39)34-17-6-2-7-18-34/h1-32H. The summed E-state index contributed by atoms with van der Waals surface area (Å²) in [5.74, 6) is 1.76. The molecule has 5 nitrogen and oxygen atoms in total. The van der Waals surface area contributed by atoms with Gasteiger partial charge in [-0.3, -0.25) is 0 Å². The number of nitrogens with zero attached hydrogens (tertiary/aromatic N) is 4. The highest BCUT2D eigenvalue weighted by atomic mass is 16.3. The Morgan fingerprint density at radius 1 is 0.339 bits per heavy atom. The lowest BCUT2D eigenvalue weighted by Gasteiger charge is -2.10. The largest absolute Gasteiger partial charge is 0.455 e. The van der Waals surface area contributed by atoms with E-state index >= 15 is 0 Å². The molecule has 0 bridgehead atoms. The smallest absolute Gasteiger partial charge is 0.167 e. The van der Waals surface area contributed by atoms with Gasteiger partial charge in [-0.2, -0.15) is 0 Å². The third-order valence-electron chi connectivity index (χ3n) is 10.6. The Morgan fingerprint density at radius 2 is 0.893 bits per heavy atom. The van der Waals surface area contributed by atoms with Crippen molar-refractivity contribution >= 4 is 43.7 Å². The van der Waals surface area contributed by atoms with Gasteiger partial charge in [-0.05, 0) is 58.7 Å². The molecule has 0 aliphatic rings. The number of benzene rings is 8. The molecule has 0 aliphatic heterocycles. The summed E-state index contributed by atoms with van der Waals surface area (Å²) in [5, 5.41) is 4.41. The average Bonchev–Trinajstić information content (AvgIpc) is 3.81. The van der Waals surface area contributed by atoms with Crippen LogP contribution in [-0.2, 0) is 0 Å². The monoisotopic (exact) mass is 716 g/mol. The summed E-state index contributed by atoms with van der Waals surface area (Å²) < 4.78 is 9.23.